The van der Waals surface area contributed by atoms with Crippen LogP contribution < -0.4 is 0 Å². The van der Waals surface area contributed by atoms with Crippen molar-refractivity contribution in [1.82, 2.24) is 14.7 Å². The molecule has 1 unspecified atom stereocenters. The van der Waals surface area contributed by atoms with E-state index in [9.17, 15) is 5.11 Å². The first kappa shape index (κ1) is 15.2. The molecule has 4 nitrogen and oxygen atoms in total. The lowest BCUT2D eigenvalue weighted by atomic mass is 10.3. The molecule has 0 aromatic rings. The minimum atomic E-state index is -0.211. The Bertz CT molecular complexity index is 216. The second-order valence-electron chi connectivity index (χ2n) is 6.25. The van der Waals surface area contributed by atoms with Crippen molar-refractivity contribution in [3.05, 3.63) is 0 Å². The van der Waals surface area contributed by atoms with Crippen LogP contribution >= 0.6 is 0 Å². The monoisotopic (exact) mass is 269 g/mol. The maximum absolute atomic E-state index is 9.64. The van der Waals surface area contributed by atoms with Crippen molar-refractivity contribution in [3.63, 3.8) is 0 Å². The van der Waals surface area contributed by atoms with Crippen LogP contribution in [-0.2, 0) is 0 Å². The minimum absolute atomic E-state index is 0.211. The van der Waals surface area contributed by atoms with Gasteiger partial charge in [0, 0.05) is 32.7 Å². The molecule has 0 saturated carbocycles. The molecule has 1 N–H and O–H groups in total. The molecule has 2 saturated heterocycles. The maximum atomic E-state index is 9.64. The van der Waals surface area contributed by atoms with Crippen molar-refractivity contribution in [1.29, 1.82) is 0 Å². The second-order valence-corrected chi connectivity index (χ2v) is 6.25. The summed E-state index contributed by atoms with van der Waals surface area (Å²) in [4.78, 5) is 7.57. The number of nitrogens with zero attached hydrogens (tertiary/aromatic N) is 3. The quantitative estimate of drug-likeness (QED) is 0.708. The zero-order chi connectivity index (χ0) is 13.5. The molecule has 0 spiro atoms. The van der Waals surface area contributed by atoms with E-state index in [0.717, 1.165) is 19.6 Å². The van der Waals surface area contributed by atoms with Gasteiger partial charge >= 0.3 is 0 Å². The summed E-state index contributed by atoms with van der Waals surface area (Å²) in [6.45, 7) is 12.4. The van der Waals surface area contributed by atoms with Crippen LogP contribution in [0.4, 0.5) is 0 Å². The molecule has 112 valence electrons. The van der Waals surface area contributed by atoms with E-state index in [4.69, 9.17) is 0 Å². The van der Waals surface area contributed by atoms with Crippen molar-refractivity contribution < 1.29 is 5.11 Å². The van der Waals surface area contributed by atoms with Gasteiger partial charge in [0.2, 0.25) is 0 Å². The van der Waals surface area contributed by atoms with E-state index in [0.29, 0.717) is 0 Å². The molecule has 0 aromatic heterocycles. The third-order valence-corrected chi connectivity index (χ3v) is 4.38. The first-order valence-corrected chi connectivity index (χ1v) is 8.09. The molecule has 2 aliphatic rings. The van der Waals surface area contributed by atoms with Gasteiger partial charge in [-0.3, -0.25) is 4.90 Å². The third kappa shape index (κ3) is 5.78. The summed E-state index contributed by atoms with van der Waals surface area (Å²) in [7, 11) is 0. The van der Waals surface area contributed by atoms with E-state index in [1.54, 1.807) is 0 Å². The summed E-state index contributed by atoms with van der Waals surface area (Å²) in [6, 6.07) is 0. The Morgan fingerprint density at radius 1 is 0.895 bits per heavy atom. The average molecular weight is 269 g/mol. The normalized spacial score (nSPS) is 23.5. The molecule has 2 fully saturated rings. The molecule has 19 heavy (non-hydrogen) atoms. The summed E-state index contributed by atoms with van der Waals surface area (Å²) in [5.41, 5.74) is 0. The van der Waals surface area contributed by atoms with Crippen molar-refractivity contribution >= 4 is 0 Å². The lowest BCUT2D eigenvalue weighted by Gasteiger charge is -2.28. The predicted molar refractivity (Wildman–Crippen MR) is 79.5 cm³/mol. The lowest BCUT2D eigenvalue weighted by molar-refractivity contribution is 0.111. The molecule has 4 heteroatoms. The van der Waals surface area contributed by atoms with Gasteiger partial charge in [-0.2, -0.15) is 0 Å². The van der Waals surface area contributed by atoms with Crippen molar-refractivity contribution in [2.45, 2.75) is 38.7 Å². The van der Waals surface area contributed by atoms with Gasteiger partial charge in [-0.25, -0.2) is 0 Å². The fourth-order valence-electron chi connectivity index (χ4n) is 3.25. The van der Waals surface area contributed by atoms with Crippen LogP contribution in [0.1, 0.15) is 32.6 Å². The smallest absolute Gasteiger partial charge is 0.0639 e. The number of hydrogen-bond acceptors (Lipinski definition) is 4. The van der Waals surface area contributed by atoms with Crippen molar-refractivity contribution in [3.8, 4) is 0 Å². The van der Waals surface area contributed by atoms with Crippen LogP contribution in [0.5, 0.6) is 0 Å². The Hall–Kier alpha value is -0.160. The van der Waals surface area contributed by atoms with Gasteiger partial charge in [-0.05, 0) is 58.8 Å². The van der Waals surface area contributed by atoms with Crippen LogP contribution in [0.3, 0.4) is 0 Å². The Labute approximate surface area is 118 Å². The summed E-state index contributed by atoms with van der Waals surface area (Å²) >= 11 is 0. The Kier molecular flexibility index (Phi) is 6.57. The van der Waals surface area contributed by atoms with Crippen molar-refractivity contribution in [2.75, 3.05) is 58.9 Å². The number of aliphatic hydroxyl groups excluding tert-OH is 1. The van der Waals surface area contributed by atoms with Gasteiger partial charge < -0.3 is 14.9 Å². The third-order valence-electron chi connectivity index (χ3n) is 4.38. The van der Waals surface area contributed by atoms with E-state index in [2.05, 4.69) is 14.7 Å². The zero-order valence-electron chi connectivity index (χ0n) is 12.6. The number of hydrogen-bond donors (Lipinski definition) is 1. The molecular weight excluding hydrogens is 238 g/mol. The van der Waals surface area contributed by atoms with E-state index < -0.39 is 0 Å². The van der Waals surface area contributed by atoms with Gasteiger partial charge in [0.05, 0.1) is 6.10 Å². The fourth-order valence-corrected chi connectivity index (χ4v) is 3.25. The molecule has 0 aromatic carbocycles. The molecule has 0 aliphatic carbocycles. The first-order valence-electron chi connectivity index (χ1n) is 8.09. The minimum Gasteiger partial charge on any atom is -0.392 e. The van der Waals surface area contributed by atoms with E-state index in [1.807, 2.05) is 6.92 Å². The lowest BCUT2D eigenvalue weighted by Crippen LogP contribution is -2.41. The van der Waals surface area contributed by atoms with E-state index >= 15 is 0 Å². The summed E-state index contributed by atoms with van der Waals surface area (Å²) in [5.74, 6) is 0. The van der Waals surface area contributed by atoms with Crippen LogP contribution in [0, 0.1) is 0 Å². The molecule has 2 rings (SSSR count). The summed E-state index contributed by atoms with van der Waals surface area (Å²) in [6.07, 6.45) is 5.25. The van der Waals surface area contributed by atoms with Crippen molar-refractivity contribution in [2.24, 2.45) is 0 Å². The second kappa shape index (κ2) is 8.20. The maximum Gasteiger partial charge on any atom is 0.0639 e. The van der Waals surface area contributed by atoms with E-state index in [1.165, 1.54) is 65.0 Å². The highest BCUT2D eigenvalue weighted by molar-refractivity contribution is 4.72. The zero-order valence-corrected chi connectivity index (χ0v) is 12.6. The van der Waals surface area contributed by atoms with Gasteiger partial charge in [-0.1, -0.05) is 0 Å². The topological polar surface area (TPSA) is 30.0 Å². The Morgan fingerprint density at radius 3 is 1.68 bits per heavy atom. The van der Waals surface area contributed by atoms with Crippen LogP contribution in [-0.4, -0.2) is 84.8 Å². The number of aliphatic hydroxyl groups is 1. The summed E-state index contributed by atoms with van der Waals surface area (Å²) in [5, 5.41) is 9.64. The van der Waals surface area contributed by atoms with Gasteiger partial charge in [0.1, 0.15) is 0 Å². The molecule has 2 heterocycles. The Balaban J connectivity index is 1.67. The molecule has 2 aliphatic heterocycles. The summed E-state index contributed by atoms with van der Waals surface area (Å²) < 4.78 is 0. The fraction of sp³-hybridized carbons (Fsp3) is 1.00. The van der Waals surface area contributed by atoms with Crippen LogP contribution in [0.2, 0.25) is 0 Å². The van der Waals surface area contributed by atoms with Gasteiger partial charge in [0.25, 0.3) is 0 Å². The molecule has 0 radical (unpaired) electrons. The highest BCUT2D eigenvalue weighted by Crippen LogP contribution is 2.09. The van der Waals surface area contributed by atoms with Crippen LogP contribution in [0.15, 0.2) is 0 Å². The highest BCUT2D eigenvalue weighted by atomic mass is 16.3. The molecular formula is C15H31N3O. The van der Waals surface area contributed by atoms with Crippen LogP contribution in [0.25, 0.3) is 0 Å². The molecule has 0 amide bonds. The number of rotatable bonds is 8. The SMILES string of the molecule is CC(O)CN(CCN1CCCC1)CCN1CCCC1. The number of likely N-dealkylation sites (tertiary alicyclic amines) is 2. The molecule has 0 bridgehead atoms. The largest absolute Gasteiger partial charge is 0.392 e. The Morgan fingerprint density at radius 2 is 1.32 bits per heavy atom. The molecule has 1 atom stereocenters. The van der Waals surface area contributed by atoms with Gasteiger partial charge in [-0.15, -0.1) is 0 Å². The first-order chi connectivity index (χ1) is 9.24. The standard InChI is InChI=1S/C15H31N3O/c1-15(19)14-18(12-10-16-6-2-3-7-16)13-11-17-8-4-5-9-17/h15,19H,2-14H2,1H3. The highest BCUT2D eigenvalue weighted by Gasteiger charge is 2.16. The average Bonchev–Trinajstić information content (AvgIpc) is 3.05. The predicted octanol–water partition coefficient (Wildman–Crippen LogP) is 0.861. The van der Waals surface area contributed by atoms with Gasteiger partial charge in [0.15, 0.2) is 0 Å². The van der Waals surface area contributed by atoms with E-state index in [-0.39, 0.29) is 6.10 Å².